The van der Waals surface area contributed by atoms with E-state index in [0.29, 0.717) is 19.3 Å². The molecule has 7 heteroatoms. The molecule has 0 aromatic heterocycles. The standard InChI is InChI=1S/C16H18F3NO3/c17-16(18,19)10-12(13(21)22)20-14(23)15(7-4-8-15)9-11-5-2-1-3-6-11/h1-3,5-6,12H,4,7-10H2,(H,20,23)(H,21,22). The van der Waals surface area contributed by atoms with Crippen LogP contribution in [0.15, 0.2) is 30.3 Å². The minimum atomic E-state index is -4.65. The summed E-state index contributed by atoms with van der Waals surface area (Å²) in [5.41, 5.74) is 0.103. The SMILES string of the molecule is O=C(O)C(CC(F)(F)F)NC(=O)C1(Cc2ccccc2)CCC1. The van der Waals surface area contributed by atoms with Gasteiger partial charge in [0.25, 0.3) is 0 Å². The molecule has 0 radical (unpaired) electrons. The van der Waals surface area contributed by atoms with Gasteiger partial charge < -0.3 is 10.4 Å². The Labute approximate surface area is 131 Å². The summed E-state index contributed by atoms with van der Waals surface area (Å²) >= 11 is 0. The average molecular weight is 329 g/mol. The Balaban J connectivity index is 2.08. The van der Waals surface area contributed by atoms with Crippen molar-refractivity contribution in [1.82, 2.24) is 5.32 Å². The van der Waals surface area contributed by atoms with Gasteiger partial charge in [0.1, 0.15) is 6.04 Å². The predicted octanol–water partition coefficient (Wildman–Crippen LogP) is 2.92. The van der Waals surface area contributed by atoms with Gasteiger partial charge in [0.2, 0.25) is 5.91 Å². The van der Waals surface area contributed by atoms with E-state index in [0.717, 1.165) is 12.0 Å². The van der Waals surface area contributed by atoms with Crippen LogP contribution in [0.2, 0.25) is 0 Å². The summed E-state index contributed by atoms with van der Waals surface area (Å²) in [7, 11) is 0. The molecule has 2 N–H and O–H groups in total. The Hall–Kier alpha value is -2.05. The van der Waals surface area contributed by atoms with Gasteiger partial charge >= 0.3 is 12.1 Å². The van der Waals surface area contributed by atoms with Gasteiger partial charge in [-0.1, -0.05) is 36.8 Å². The number of aliphatic carboxylic acids is 1. The zero-order chi connectivity index (χ0) is 17.1. The number of hydrogen-bond acceptors (Lipinski definition) is 2. The first kappa shape index (κ1) is 17.3. The Morgan fingerprint density at radius 3 is 2.26 bits per heavy atom. The zero-order valence-electron chi connectivity index (χ0n) is 12.4. The summed E-state index contributed by atoms with van der Waals surface area (Å²) in [6.45, 7) is 0. The summed E-state index contributed by atoms with van der Waals surface area (Å²) < 4.78 is 37.3. The number of carbonyl (C=O) groups excluding carboxylic acids is 1. The number of hydrogen-bond donors (Lipinski definition) is 2. The molecule has 126 valence electrons. The van der Waals surface area contributed by atoms with Crippen LogP contribution in [0.5, 0.6) is 0 Å². The van der Waals surface area contributed by atoms with Gasteiger partial charge in [-0.3, -0.25) is 4.79 Å². The normalized spacial score (nSPS) is 17.9. The maximum Gasteiger partial charge on any atom is 0.391 e. The van der Waals surface area contributed by atoms with Crippen LogP contribution in [0.1, 0.15) is 31.2 Å². The summed E-state index contributed by atoms with van der Waals surface area (Å²) in [5, 5.41) is 11.0. The first-order valence-corrected chi connectivity index (χ1v) is 7.36. The third kappa shape index (κ3) is 4.46. The van der Waals surface area contributed by atoms with Crippen LogP contribution in [0.25, 0.3) is 0 Å². The summed E-state index contributed by atoms with van der Waals surface area (Å²) in [5.74, 6) is -2.28. The van der Waals surface area contributed by atoms with E-state index in [4.69, 9.17) is 5.11 Å². The number of carboxylic acids is 1. The Kier molecular flexibility index (Phi) is 4.97. The fraction of sp³-hybridized carbons (Fsp3) is 0.500. The topological polar surface area (TPSA) is 66.4 Å². The van der Waals surface area contributed by atoms with Crippen molar-refractivity contribution < 1.29 is 27.9 Å². The lowest BCUT2D eigenvalue weighted by Crippen LogP contribution is -2.53. The molecule has 0 heterocycles. The molecule has 0 bridgehead atoms. The Morgan fingerprint density at radius 1 is 1.22 bits per heavy atom. The maximum atomic E-state index is 12.4. The highest BCUT2D eigenvalue weighted by Gasteiger charge is 2.46. The van der Waals surface area contributed by atoms with E-state index >= 15 is 0 Å². The number of alkyl halides is 3. The molecule has 0 aliphatic heterocycles. The van der Waals surface area contributed by atoms with E-state index < -0.39 is 35.9 Å². The van der Waals surface area contributed by atoms with Crippen LogP contribution in [-0.4, -0.2) is 29.2 Å². The molecule has 2 rings (SSSR count). The van der Waals surface area contributed by atoms with Crippen LogP contribution in [0.3, 0.4) is 0 Å². The monoisotopic (exact) mass is 329 g/mol. The summed E-state index contributed by atoms with van der Waals surface area (Å²) in [6, 6.07) is 7.22. The minimum absolute atomic E-state index is 0.401. The lowest BCUT2D eigenvalue weighted by Gasteiger charge is -2.41. The number of carboxylic acid groups (broad SMARTS) is 1. The van der Waals surface area contributed by atoms with Gasteiger partial charge in [0.15, 0.2) is 0 Å². The number of amides is 1. The molecule has 1 aromatic carbocycles. The lowest BCUT2D eigenvalue weighted by molar-refractivity contribution is -0.162. The van der Waals surface area contributed by atoms with Crippen molar-refractivity contribution in [2.75, 3.05) is 0 Å². The van der Waals surface area contributed by atoms with Crippen molar-refractivity contribution in [3.63, 3.8) is 0 Å². The van der Waals surface area contributed by atoms with Gasteiger partial charge in [-0.2, -0.15) is 13.2 Å². The molecular formula is C16H18F3NO3. The van der Waals surface area contributed by atoms with Crippen molar-refractivity contribution in [2.45, 2.75) is 44.3 Å². The summed E-state index contributed by atoms with van der Waals surface area (Å²) in [4.78, 5) is 23.4. The van der Waals surface area contributed by atoms with E-state index in [9.17, 15) is 22.8 Å². The van der Waals surface area contributed by atoms with E-state index in [1.807, 2.05) is 30.3 Å². The molecule has 1 amide bonds. The van der Waals surface area contributed by atoms with E-state index in [2.05, 4.69) is 5.32 Å². The largest absolute Gasteiger partial charge is 0.480 e. The molecule has 1 fully saturated rings. The van der Waals surface area contributed by atoms with Gasteiger partial charge in [-0.05, 0) is 24.8 Å². The van der Waals surface area contributed by atoms with Crippen LogP contribution in [0, 0.1) is 5.41 Å². The molecule has 23 heavy (non-hydrogen) atoms. The minimum Gasteiger partial charge on any atom is -0.480 e. The van der Waals surface area contributed by atoms with Crippen LogP contribution < -0.4 is 5.32 Å². The van der Waals surface area contributed by atoms with Crippen LogP contribution in [0.4, 0.5) is 13.2 Å². The second-order valence-electron chi connectivity index (χ2n) is 5.98. The highest BCUT2D eigenvalue weighted by molar-refractivity contribution is 5.88. The van der Waals surface area contributed by atoms with Gasteiger partial charge in [0, 0.05) is 0 Å². The second kappa shape index (κ2) is 6.60. The fourth-order valence-electron chi connectivity index (χ4n) is 2.82. The van der Waals surface area contributed by atoms with E-state index in [1.165, 1.54) is 0 Å². The number of rotatable bonds is 6. The van der Waals surface area contributed by atoms with E-state index in [1.54, 1.807) is 0 Å². The molecule has 1 aromatic rings. The number of benzene rings is 1. The second-order valence-corrected chi connectivity index (χ2v) is 5.98. The summed E-state index contributed by atoms with van der Waals surface area (Å²) in [6.07, 6.45) is -3.93. The van der Waals surface area contributed by atoms with Gasteiger partial charge in [-0.25, -0.2) is 4.79 Å². The van der Waals surface area contributed by atoms with E-state index in [-0.39, 0.29) is 0 Å². The molecule has 1 aliphatic rings. The molecule has 1 aliphatic carbocycles. The highest BCUT2D eigenvalue weighted by Crippen LogP contribution is 2.44. The smallest absolute Gasteiger partial charge is 0.391 e. The Morgan fingerprint density at radius 2 is 1.83 bits per heavy atom. The fourth-order valence-corrected chi connectivity index (χ4v) is 2.82. The number of nitrogens with one attached hydrogen (secondary N) is 1. The average Bonchev–Trinajstić information content (AvgIpc) is 2.41. The zero-order valence-corrected chi connectivity index (χ0v) is 12.4. The molecule has 1 saturated carbocycles. The lowest BCUT2D eigenvalue weighted by atomic mass is 9.64. The van der Waals surface area contributed by atoms with Crippen LogP contribution >= 0.6 is 0 Å². The molecular weight excluding hydrogens is 311 g/mol. The predicted molar refractivity (Wildman–Crippen MR) is 76.7 cm³/mol. The van der Waals surface area contributed by atoms with Crippen molar-refractivity contribution in [3.05, 3.63) is 35.9 Å². The Bertz CT molecular complexity index is 568. The van der Waals surface area contributed by atoms with Crippen molar-refractivity contribution >= 4 is 11.9 Å². The van der Waals surface area contributed by atoms with Crippen molar-refractivity contribution in [2.24, 2.45) is 5.41 Å². The molecule has 4 nitrogen and oxygen atoms in total. The first-order chi connectivity index (χ1) is 10.7. The molecule has 0 saturated heterocycles. The van der Waals surface area contributed by atoms with Gasteiger partial charge in [-0.15, -0.1) is 0 Å². The van der Waals surface area contributed by atoms with Crippen molar-refractivity contribution in [1.29, 1.82) is 0 Å². The van der Waals surface area contributed by atoms with Crippen molar-refractivity contribution in [3.8, 4) is 0 Å². The third-order valence-corrected chi connectivity index (χ3v) is 4.22. The quantitative estimate of drug-likeness (QED) is 0.843. The molecule has 1 unspecified atom stereocenters. The molecule has 0 spiro atoms. The maximum absolute atomic E-state index is 12.4. The third-order valence-electron chi connectivity index (χ3n) is 4.22. The number of carbonyl (C=O) groups is 2. The molecule has 1 atom stereocenters. The first-order valence-electron chi connectivity index (χ1n) is 7.36. The van der Waals surface area contributed by atoms with Crippen LogP contribution in [-0.2, 0) is 16.0 Å². The highest BCUT2D eigenvalue weighted by atomic mass is 19.4. The van der Waals surface area contributed by atoms with Gasteiger partial charge in [0.05, 0.1) is 11.8 Å². The number of halogens is 3.